The largest absolute Gasteiger partial charge is 0.466 e. The average Bonchev–Trinajstić information content (AvgIpc) is 3.22. The van der Waals surface area contributed by atoms with Crippen molar-refractivity contribution in [1.82, 2.24) is 4.90 Å². The molecular weight excluding hydrogens is 775 g/mol. The molecule has 62 heavy (non-hydrogen) atoms. The molecule has 0 aliphatic carbocycles. The van der Waals surface area contributed by atoms with E-state index in [2.05, 4.69) is 77.7 Å². The van der Waals surface area contributed by atoms with E-state index in [-0.39, 0.29) is 24.8 Å². The molecule has 0 aromatic rings. The Kier molecular flexibility index (Phi) is 44.5. The van der Waals surface area contributed by atoms with E-state index in [1.54, 1.807) is 0 Å². The molecule has 0 bridgehead atoms. The van der Waals surface area contributed by atoms with Gasteiger partial charge >= 0.3 is 11.9 Å². The second-order valence-corrected chi connectivity index (χ2v) is 19.3. The summed E-state index contributed by atoms with van der Waals surface area (Å²) in [7, 11) is 0. The summed E-state index contributed by atoms with van der Waals surface area (Å²) < 4.78 is 23.5. The molecule has 0 fully saturated rings. The van der Waals surface area contributed by atoms with Crippen LogP contribution in [-0.2, 0) is 28.5 Å². The van der Waals surface area contributed by atoms with Gasteiger partial charge in [-0.3, -0.25) is 9.59 Å². The highest BCUT2D eigenvalue weighted by Crippen LogP contribution is 2.19. The van der Waals surface area contributed by atoms with Crippen molar-refractivity contribution in [2.75, 3.05) is 52.7 Å². The van der Waals surface area contributed by atoms with Gasteiger partial charge in [0.25, 0.3) is 0 Å². The Morgan fingerprint density at radius 3 is 1.52 bits per heavy atom. The Balaban J connectivity index is 4.14. The third kappa shape index (κ3) is 44.9. The molecule has 0 aliphatic heterocycles. The molecule has 0 amide bonds. The number of aliphatic hydroxyl groups is 1. The minimum absolute atomic E-state index is 0.0983. The zero-order valence-corrected chi connectivity index (χ0v) is 42.0. The quantitative estimate of drug-likeness (QED) is 0.0280. The molecule has 0 heterocycles. The maximum absolute atomic E-state index is 12.6. The third-order valence-corrected chi connectivity index (χ3v) is 11.9. The third-order valence-electron chi connectivity index (χ3n) is 11.9. The SMILES string of the molecule is CCCCC/C=C\C/C=C\CCCCCCCCOC(=O)CCCCN(CCO)CCCCCC(=O)OCCC(OCCC(C)CCCC(C)C)OCCC(C)CCCC(C)C. The summed E-state index contributed by atoms with van der Waals surface area (Å²) >= 11 is 0. The van der Waals surface area contributed by atoms with Crippen LogP contribution in [0.15, 0.2) is 24.3 Å². The molecule has 1 N–H and O–H groups in total. The van der Waals surface area contributed by atoms with Crippen LogP contribution in [-0.4, -0.2) is 80.9 Å². The number of nitrogens with zero attached hydrogens (tertiary/aromatic N) is 1. The van der Waals surface area contributed by atoms with Crippen molar-refractivity contribution < 1.29 is 33.6 Å². The van der Waals surface area contributed by atoms with Gasteiger partial charge in [-0.1, -0.05) is 156 Å². The van der Waals surface area contributed by atoms with Crippen LogP contribution in [0.1, 0.15) is 228 Å². The fraction of sp³-hybridized carbons (Fsp3) is 0.889. The Morgan fingerprint density at radius 1 is 0.484 bits per heavy atom. The van der Waals surface area contributed by atoms with Gasteiger partial charge in [0.15, 0.2) is 6.29 Å². The van der Waals surface area contributed by atoms with E-state index in [4.69, 9.17) is 18.9 Å². The minimum Gasteiger partial charge on any atom is -0.466 e. The number of allylic oxidation sites excluding steroid dienone is 4. The van der Waals surface area contributed by atoms with Crippen molar-refractivity contribution >= 4 is 11.9 Å². The zero-order valence-electron chi connectivity index (χ0n) is 42.0. The van der Waals surface area contributed by atoms with Crippen LogP contribution in [0.3, 0.4) is 0 Å². The van der Waals surface area contributed by atoms with Gasteiger partial charge in [0, 0.05) is 39.0 Å². The molecule has 0 aromatic carbocycles. The lowest BCUT2D eigenvalue weighted by Crippen LogP contribution is -2.29. The minimum atomic E-state index is -0.345. The van der Waals surface area contributed by atoms with Crippen LogP contribution in [0, 0.1) is 23.7 Å². The molecule has 0 aliphatic rings. The summed E-state index contributed by atoms with van der Waals surface area (Å²) in [6.45, 7) is 20.6. The van der Waals surface area contributed by atoms with E-state index in [0.29, 0.717) is 64.1 Å². The van der Waals surface area contributed by atoms with E-state index in [1.165, 1.54) is 96.3 Å². The molecule has 8 heteroatoms. The number of hydrogen-bond acceptors (Lipinski definition) is 8. The van der Waals surface area contributed by atoms with Crippen molar-refractivity contribution in [1.29, 1.82) is 0 Å². The van der Waals surface area contributed by atoms with Crippen molar-refractivity contribution in [2.24, 2.45) is 23.7 Å². The average molecular weight is 878 g/mol. The Hall–Kier alpha value is -1.74. The van der Waals surface area contributed by atoms with Gasteiger partial charge in [-0.2, -0.15) is 0 Å². The van der Waals surface area contributed by atoms with Crippen molar-refractivity contribution in [3.8, 4) is 0 Å². The molecule has 8 nitrogen and oxygen atoms in total. The molecule has 2 atom stereocenters. The first kappa shape index (κ1) is 60.3. The van der Waals surface area contributed by atoms with E-state index in [1.807, 2.05) is 0 Å². The number of aliphatic hydroxyl groups excluding tert-OH is 1. The summed E-state index contributed by atoms with van der Waals surface area (Å²) in [4.78, 5) is 27.1. The maximum Gasteiger partial charge on any atom is 0.305 e. The number of ether oxygens (including phenoxy) is 4. The Morgan fingerprint density at radius 2 is 0.968 bits per heavy atom. The first-order chi connectivity index (χ1) is 30.1. The lowest BCUT2D eigenvalue weighted by atomic mass is 9.97. The van der Waals surface area contributed by atoms with Gasteiger partial charge in [0.05, 0.1) is 19.8 Å². The number of hydrogen-bond donors (Lipinski definition) is 1. The fourth-order valence-electron chi connectivity index (χ4n) is 7.61. The van der Waals surface area contributed by atoms with Crippen molar-refractivity contribution in [3.63, 3.8) is 0 Å². The summed E-state index contributed by atoms with van der Waals surface area (Å²) in [6, 6.07) is 0. The second-order valence-electron chi connectivity index (χ2n) is 19.3. The normalized spacial score (nSPS) is 13.6. The summed E-state index contributed by atoms with van der Waals surface area (Å²) in [5.41, 5.74) is 0. The predicted octanol–water partition coefficient (Wildman–Crippen LogP) is 14.4. The second kappa shape index (κ2) is 45.8. The van der Waals surface area contributed by atoms with Crippen LogP contribution in [0.5, 0.6) is 0 Å². The number of unbranched alkanes of at least 4 members (excludes halogenated alkanes) is 12. The highest BCUT2D eigenvalue weighted by atomic mass is 16.7. The van der Waals surface area contributed by atoms with Crippen molar-refractivity contribution in [3.05, 3.63) is 24.3 Å². The molecule has 366 valence electrons. The fourth-order valence-corrected chi connectivity index (χ4v) is 7.61. The standard InChI is InChI=1S/C54H103NO7/c1-8-9-10-11-12-13-14-15-16-17-18-19-20-21-22-28-44-59-52(57)36-25-27-41-55(42-43-56)40-26-23-24-35-53(58)60-47-39-54(61-45-37-50(6)33-29-31-48(2)3)62-46-38-51(7)34-30-32-49(4)5/h12-13,15-16,48-51,54,56H,8-11,14,17-47H2,1-7H3/b13-12-,16-15-. The van der Waals surface area contributed by atoms with Crippen LogP contribution >= 0.6 is 0 Å². The topological polar surface area (TPSA) is 94.5 Å². The van der Waals surface area contributed by atoms with Crippen LogP contribution < -0.4 is 0 Å². The first-order valence-corrected chi connectivity index (χ1v) is 26.2. The van der Waals surface area contributed by atoms with Crippen LogP contribution in [0.2, 0.25) is 0 Å². The van der Waals surface area contributed by atoms with E-state index in [9.17, 15) is 14.7 Å². The molecule has 0 spiro atoms. The van der Waals surface area contributed by atoms with Crippen molar-refractivity contribution in [2.45, 2.75) is 235 Å². The number of rotatable bonds is 47. The Labute approximate surface area is 384 Å². The van der Waals surface area contributed by atoms with Gasteiger partial charge in [-0.15, -0.1) is 0 Å². The van der Waals surface area contributed by atoms with Crippen LogP contribution in [0.4, 0.5) is 0 Å². The summed E-state index contributed by atoms with van der Waals surface area (Å²) in [5, 5.41) is 9.59. The first-order valence-electron chi connectivity index (χ1n) is 26.2. The molecule has 2 unspecified atom stereocenters. The molecule has 0 radical (unpaired) electrons. The molecular formula is C54H103NO7. The zero-order chi connectivity index (χ0) is 45.7. The smallest absolute Gasteiger partial charge is 0.305 e. The van der Waals surface area contributed by atoms with E-state index in [0.717, 1.165) is 89.1 Å². The predicted molar refractivity (Wildman–Crippen MR) is 262 cm³/mol. The molecule has 0 saturated carbocycles. The number of esters is 2. The highest BCUT2D eigenvalue weighted by molar-refractivity contribution is 5.69. The molecule has 0 rings (SSSR count). The number of carbonyl (C=O) groups excluding carboxylic acids is 2. The van der Waals surface area contributed by atoms with Gasteiger partial charge in [0.1, 0.15) is 0 Å². The lowest BCUT2D eigenvalue weighted by Gasteiger charge is -2.21. The van der Waals surface area contributed by atoms with Gasteiger partial charge < -0.3 is 29.0 Å². The lowest BCUT2D eigenvalue weighted by molar-refractivity contribution is -0.163. The van der Waals surface area contributed by atoms with E-state index < -0.39 is 0 Å². The molecule has 0 aromatic heterocycles. The van der Waals surface area contributed by atoms with Gasteiger partial charge in [-0.05, 0) is 114 Å². The monoisotopic (exact) mass is 878 g/mol. The van der Waals surface area contributed by atoms with E-state index >= 15 is 0 Å². The number of carbonyl (C=O) groups is 2. The highest BCUT2D eigenvalue weighted by Gasteiger charge is 2.15. The Bertz CT molecular complexity index is 1000. The van der Waals surface area contributed by atoms with Crippen LogP contribution in [0.25, 0.3) is 0 Å². The van der Waals surface area contributed by atoms with Gasteiger partial charge in [-0.25, -0.2) is 0 Å². The summed E-state index contributed by atoms with van der Waals surface area (Å²) in [5.74, 6) is 2.49. The summed E-state index contributed by atoms with van der Waals surface area (Å²) in [6.07, 6.45) is 38.6. The maximum atomic E-state index is 12.6. The molecule has 0 saturated heterocycles. The van der Waals surface area contributed by atoms with Gasteiger partial charge in [0.2, 0.25) is 0 Å².